The third-order valence-electron chi connectivity index (χ3n) is 3.25. The number of benzene rings is 1. The van der Waals surface area contributed by atoms with E-state index in [1.54, 1.807) is 0 Å². The highest BCUT2D eigenvalue weighted by Crippen LogP contribution is 2.25. The van der Waals surface area contributed by atoms with Crippen LogP contribution in [0.3, 0.4) is 0 Å². The molecule has 0 aliphatic carbocycles. The van der Waals surface area contributed by atoms with E-state index in [2.05, 4.69) is 0 Å². The molecule has 0 bridgehead atoms. The van der Waals surface area contributed by atoms with Gasteiger partial charge in [-0.2, -0.15) is 0 Å². The molecule has 1 N–H and O–H groups in total. The highest BCUT2D eigenvalue weighted by molar-refractivity contribution is 5.81. The molecule has 0 aliphatic heterocycles. The van der Waals surface area contributed by atoms with Crippen molar-refractivity contribution in [1.82, 2.24) is 0 Å². The lowest BCUT2D eigenvalue weighted by Gasteiger charge is -2.22. The van der Waals surface area contributed by atoms with E-state index >= 15 is 0 Å². The first kappa shape index (κ1) is 19.2. The van der Waals surface area contributed by atoms with Crippen LogP contribution in [-0.2, 0) is 14.3 Å². The van der Waals surface area contributed by atoms with E-state index < -0.39 is 17.7 Å². The Morgan fingerprint density at radius 3 is 2.35 bits per heavy atom. The van der Waals surface area contributed by atoms with Gasteiger partial charge in [0.05, 0.1) is 18.4 Å². The third kappa shape index (κ3) is 7.84. The van der Waals surface area contributed by atoms with Crippen LogP contribution in [0.2, 0.25) is 0 Å². The first-order valence-corrected chi connectivity index (χ1v) is 7.97. The summed E-state index contributed by atoms with van der Waals surface area (Å²) in [5.74, 6) is -0.312. The molecule has 0 spiro atoms. The van der Waals surface area contributed by atoms with Crippen LogP contribution in [0.15, 0.2) is 42.7 Å². The van der Waals surface area contributed by atoms with Crippen LogP contribution in [0.5, 0.6) is 0 Å². The fourth-order valence-electron chi connectivity index (χ4n) is 1.95. The minimum atomic E-state index is -0.534. The van der Waals surface area contributed by atoms with Crippen molar-refractivity contribution in [2.24, 2.45) is 5.92 Å². The average Bonchev–Trinajstić information content (AvgIpc) is 2.45. The lowest BCUT2D eigenvalue weighted by atomic mass is 9.97. The molecule has 0 heterocycles. The highest BCUT2D eigenvalue weighted by Gasteiger charge is 2.19. The second-order valence-corrected chi connectivity index (χ2v) is 6.92. The molecule has 0 saturated heterocycles. The molecule has 0 fully saturated rings. The van der Waals surface area contributed by atoms with Gasteiger partial charge in [0.25, 0.3) is 0 Å². The molecular formula is C19H28O4. The Hall–Kier alpha value is -1.81. The van der Waals surface area contributed by atoms with Crippen LogP contribution in [0.25, 0.3) is 0 Å². The molecule has 1 aromatic carbocycles. The zero-order valence-corrected chi connectivity index (χ0v) is 14.7. The van der Waals surface area contributed by atoms with Gasteiger partial charge in [0.1, 0.15) is 11.7 Å². The molecule has 128 valence electrons. The summed E-state index contributed by atoms with van der Waals surface area (Å²) in [6, 6.07) is 9.66. The Kier molecular flexibility index (Phi) is 7.30. The molecule has 0 radical (unpaired) electrons. The molecule has 0 aromatic heterocycles. The zero-order chi connectivity index (χ0) is 17.5. The van der Waals surface area contributed by atoms with Crippen LogP contribution in [0.4, 0.5) is 0 Å². The van der Waals surface area contributed by atoms with Gasteiger partial charge >= 0.3 is 5.97 Å². The number of hydrogen-bond acceptors (Lipinski definition) is 4. The van der Waals surface area contributed by atoms with E-state index in [1.807, 2.05) is 65.0 Å². The van der Waals surface area contributed by atoms with Gasteiger partial charge in [0.15, 0.2) is 0 Å². The van der Waals surface area contributed by atoms with Crippen molar-refractivity contribution >= 4 is 5.97 Å². The topological polar surface area (TPSA) is 55.8 Å². The molecular weight excluding hydrogens is 292 g/mol. The maximum Gasteiger partial charge on any atom is 0.334 e. The van der Waals surface area contributed by atoms with Gasteiger partial charge in [-0.1, -0.05) is 44.2 Å². The molecule has 0 amide bonds. The number of rotatable bonds is 7. The molecule has 4 heteroatoms. The minimum absolute atomic E-state index is 0.139. The smallest absolute Gasteiger partial charge is 0.334 e. The third-order valence-corrected chi connectivity index (χ3v) is 3.25. The Labute approximate surface area is 139 Å². The predicted molar refractivity (Wildman–Crippen MR) is 90.7 cm³/mol. The zero-order valence-electron chi connectivity index (χ0n) is 14.7. The quantitative estimate of drug-likeness (QED) is 0.468. The van der Waals surface area contributed by atoms with Gasteiger partial charge in [0.2, 0.25) is 0 Å². The van der Waals surface area contributed by atoms with Gasteiger partial charge < -0.3 is 14.6 Å². The lowest BCUT2D eigenvalue weighted by molar-refractivity contribution is -0.148. The Morgan fingerprint density at radius 2 is 1.83 bits per heavy atom. The molecule has 0 saturated carbocycles. The second kappa shape index (κ2) is 8.73. The number of aliphatic hydroxyl groups is 1. The average molecular weight is 320 g/mol. The van der Waals surface area contributed by atoms with Crippen molar-refractivity contribution in [3.8, 4) is 0 Å². The molecule has 0 unspecified atom stereocenters. The Bertz CT molecular complexity index is 500. The summed E-state index contributed by atoms with van der Waals surface area (Å²) in [4.78, 5) is 11.7. The van der Waals surface area contributed by atoms with Gasteiger partial charge in [0, 0.05) is 6.42 Å². The van der Waals surface area contributed by atoms with Crippen LogP contribution in [-0.4, -0.2) is 22.8 Å². The summed E-state index contributed by atoms with van der Waals surface area (Å²) in [7, 11) is 0. The number of esters is 1. The fourth-order valence-corrected chi connectivity index (χ4v) is 1.95. The van der Waals surface area contributed by atoms with Gasteiger partial charge in [-0.15, -0.1) is 0 Å². The van der Waals surface area contributed by atoms with Gasteiger partial charge in [-0.25, -0.2) is 4.79 Å². The lowest BCUT2D eigenvalue weighted by Crippen LogP contribution is -2.22. The van der Waals surface area contributed by atoms with E-state index in [9.17, 15) is 9.90 Å². The van der Waals surface area contributed by atoms with Crippen LogP contribution >= 0.6 is 0 Å². The molecule has 1 rings (SSSR count). The van der Waals surface area contributed by atoms with Crippen molar-refractivity contribution in [3.05, 3.63) is 48.2 Å². The van der Waals surface area contributed by atoms with Crippen molar-refractivity contribution in [3.63, 3.8) is 0 Å². The van der Waals surface area contributed by atoms with E-state index in [-0.39, 0.29) is 12.0 Å². The van der Waals surface area contributed by atoms with Crippen molar-refractivity contribution in [2.75, 3.05) is 0 Å². The summed E-state index contributed by atoms with van der Waals surface area (Å²) in [5, 5.41) is 10.1. The van der Waals surface area contributed by atoms with Crippen molar-refractivity contribution in [2.45, 2.75) is 58.8 Å². The summed E-state index contributed by atoms with van der Waals surface area (Å²) in [6.07, 6.45) is 2.28. The van der Waals surface area contributed by atoms with E-state index in [0.29, 0.717) is 6.42 Å². The first-order chi connectivity index (χ1) is 10.7. The highest BCUT2D eigenvalue weighted by atomic mass is 16.6. The Balaban J connectivity index is 2.72. The van der Waals surface area contributed by atoms with Crippen LogP contribution < -0.4 is 0 Å². The van der Waals surface area contributed by atoms with Gasteiger partial charge in [-0.05, 0) is 32.3 Å². The van der Waals surface area contributed by atoms with E-state index in [0.717, 1.165) is 5.56 Å². The van der Waals surface area contributed by atoms with Crippen molar-refractivity contribution in [1.29, 1.82) is 0 Å². The number of carbonyl (C=O) groups excluding carboxylic acids is 1. The first-order valence-electron chi connectivity index (χ1n) is 7.97. The van der Waals surface area contributed by atoms with E-state index in [4.69, 9.17) is 9.47 Å². The minimum Gasteiger partial charge on any atom is -0.493 e. The van der Waals surface area contributed by atoms with Crippen LogP contribution in [0, 0.1) is 5.92 Å². The molecule has 4 nitrogen and oxygen atoms in total. The summed E-state index contributed by atoms with van der Waals surface area (Å²) in [5.41, 5.74) is 0.426. The maximum atomic E-state index is 11.7. The summed E-state index contributed by atoms with van der Waals surface area (Å²) >= 11 is 0. The number of aliphatic hydroxyl groups excluding tert-OH is 1. The maximum absolute atomic E-state index is 11.7. The number of carbonyl (C=O) groups is 1. The van der Waals surface area contributed by atoms with E-state index in [1.165, 1.54) is 12.3 Å². The number of ether oxygens (including phenoxy) is 2. The monoisotopic (exact) mass is 320 g/mol. The second-order valence-electron chi connectivity index (χ2n) is 6.92. The number of hydrogen-bond donors (Lipinski definition) is 1. The Morgan fingerprint density at radius 1 is 1.22 bits per heavy atom. The summed E-state index contributed by atoms with van der Waals surface area (Å²) < 4.78 is 10.9. The van der Waals surface area contributed by atoms with Crippen molar-refractivity contribution < 1.29 is 19.4 Å². The largest absolute Gasteiger partial charge is 0.493 e. The summed E-state index contributed by atoms with van der Waals surface area (Å²) in [6.45, 7) is 9.36. The predicted octanol–water partition coefficient (Wildman–Crippen LogP) is 4.01. The van der Waals surface area contributed by atoms with Crippen LogP contribution in [0.1, 0.15) is 52.7 Å². The molecule has 2 atom stereocenters. The SMILES string of the molecule is CC(C)[C@H](O)C[C@H](O/C=C/C(=O)OC(C)(C)C)c1ccccc1. The standard InChI is InChI=1S/C19H28O4/c1-14(2)16(20)13-17(15-9-7-6-8-10-15)22-12-11-18(21)23-19(3,4)5/h6-12,14,16-17,20H,13H2,1-5H3/b12-11+/t16-,17+/m1/s1. The fraction of sp³-hybridized carbons (Fsp3) is 0.526. The van der Waals surface area contributed by atoms with Gasteiger partial charge in [-0.3, -0.25) is 0 Å². The molecule has 0 aliphatic rings. The molecule has 1 aromatic rings. The normalized spacial score (nSPS) is 14.7. The molecule has 23 heavy (non-hydrogen) atoms.